The summed E-state index contributed by atoms with van der Waals surface area (Å²) in [6, 6.07) is 12.1. The summed E-state index contributed by atoms with van der Waals surface area (Å²) < 4.78 is 32.0. The highest BCUT2D eigenvalue weighted by atomic mass is 35.5. The van der Waals surface area contributed by atoms with Gasteiger partial charge in [0.1, 0.15) is 5.75 Å². The third kappa shape index (κ3) is 4.52. The van der Waals surface area contributed by atoms with E-state index in [0.717, 1.165) is 4.31 Å². The maximum atomic E-state index is 13.1. The molecule has 5 nitrogen and oxygen atoms in total. The summed E-state index contributed by atoms with van der Waals surface area (Å²) >= 11 is 5.83. The summed E-state index contributed by atoms with van der Waals surface area (Å²) in [6.07, 6.45) is 0.110. The lowest BCUT2D eigenvalue weighted by Crippen LogP contribution is -2.37. The first-order valence-electron chi connectivity index (χ1n) is 7.73. The molecule has 0 aromatic heterocycles. The second-order valence-corrected chi connectivity index (χ2v) is 8.14. The van der Waals surface area contributed by atoms with Crippen LogP contribution in [0.3, 0.4) is 0 Å². The first-order valence-corrected chi connectivity index (χ1v) is 9.55. The predicted molar refractivity (Wildman–Crippen MR) is 98.6 cm³/mol. The van der Waals surface area contributed by atoms with Crippen LogP contribution in [0.25, 0.3) is 0 Å². The van der Waals surface area contributed by atoms with Gasteiger partial charge in [-0.3, -0.25) is 4.79 Å². The second kappa shape index (κ2) is 7.89. The lowest BCUT2D eigenvalue weighted by molar-refractivity contribution is -0.118. The minimum Gasteiger partial charge on any atom is -0.497 e. The van der Waals surface area contributed by atoms with Crippen molar-refractivity contribution in [1.29, 1.82) is 0 Å². The Morgan fingerprint density at radius 3 is 2.12 bits per heavy atom. The van der Waals surface area contributed by atoms with E-state index >= 15 is 0 Å². The highest BCUT2D eigenvalue weighted by Gasteiger charge is 2.31. The van der Waals surface area contributed by atoms with Crippen LogP contribution in [0.4, 0.5) is 5.69 Å². The molecule has 0 heterocycles. The van der Waals surface area contributed by atoms with Crippen molar-refractivity contribution < 1.29 is 17.9 Å². The van der Waals surface area contributed by atoms with Crippen molar-refractivity contribution in [3.63, 3.8) is 0 Å². The third-order valence-electron chi connectivity index (χ3n) is 3.47. The van der Waals surface area contributed by atoms with Gasteiger partial charge < -0.3 is 4.74 Å². The topological polar surface area (TPSA) is 63.7 Å². The highest BCUT2D eigenvalue weighted by Crippen LogP contribution is 2.28. The van der Waals surface area contributed by atoms with Crippen LogP contribution in [0.1, 0.15) is 20.3 Å². The Labute approximate surface area is 153 Å². The molecule has 0 spiro atoms. The summed E-state index contributed by atoms with van der Waals surface area (Å²) in [5.74, 6) is 0.104. The zero-order valence-electron chi connectivity index (χ0n) is 14.3. The van der Waals surface area contributed by atoms with Gasteiger partial charge in [-0.15, -0.1) is 0 Å². The number of methoxy groups -OCH3 is 1. The van der Waals surface area contributed by atoms with Gasteiger partial charge in [0.15, 0.2) is 0 Å². The summed E-state index contributed by atoms with van der Waals surface area (Å²) in [4.78, 5) is 12.7. The molecule has 0 bridgehead atoms. The van der Waals surface area contributed by atoms with E-state index in [2.05, 4.69) is 0 Å². The van der Waals surface area contributed by atoms with Gasteiger partial charge in [-0.1, -0.05) is 25.4 Å². The molecule has 2 aromatic rings. The molecule has 0 aliphatic carbocycles. The van der Waals surface area contributed by atoms with Crippen LogP contribution >= 0.6 is 11.6 Å². The maximum absolute atomic E-state index is 13.1. The van der Waals surface area contributed by atoms with Gasteiger partial charge in [0, 0.05) is 11.4 Å². The number of hydrogen-bond donors (Lipinski definition) is 0. The molecule has 0 fully saturated rings. The van der Waals surface area contributed by atoms with Crippen molar-refractivity contribution in [3.8, 4) is 5.75 Å². The molecule has 25 heavy (non-hydrogen) atoms. The summed E-state index contributed by atoms with van der Waals surface area (Å²) in [5, 5.41) is 0.420. The molecule has 0 aliphatic rings. The summed E-state index contributed by atoms with van der Waals surface area (Å²) in [6.45, 7) is 3.72. The van der Waals surface area contributed by atoms with Crippen molar-refractivity contribution >= 4 is 33.2 Å². The fourth-order valence-electron chi connectivity index (χ4n) is 2.28. The SMILES string of the molecule is COc1ccc(N(C(=O)CC(C)C)S(=O)(=O)c2ccc(Cl)cc2)cc1. The van der Waals surface area contributed by atoms with Crippen LogP contribution < -0.4 is 9.04 Å². The monoisotopic (exact) mass is 381 g/mol. The molecule has 134 valence electrons. The lowest BCUT2D eigenvalue weighted by Gasteiger charge is -2.23. The van der Waals surface area contributed by atoms with E-state index < -0.39 is 15.9 Å². The molecular formula is C18H20ClNO4S. The van der Waals surface area contributed by atoms with E-state index in [1.807, 2.05) is 13.8 Å². The molecule has 2 rings (SSSR count). The average molecular weight is 382 g/mol. The quantitative estimate of drug-likeness (QED) is 0.755. The molecule has 7 heteroatoms. The zero-order chi connectivity index (χ0) is 18.6. The Morgan fingerprint density at radius 1 is 1.08 bits per heavy atom. The zero-order valence-corrected chi connectivity index (χ0v) is 15.8. The molecule has 0 atom stereocenters. The minimum atomic E-state index is -4.05. The first kappa shape index (κ1) is 19.3. The fraction of sp³-hybridized carbons (Fsp3) is 0.278. The van der Waals surface area contributed by atoms with Crippen molar-refractivity contribution in [2.75, 3.05) is 11.4 Å². The standard InChI is InChI=1S/C18H20ClNO4S/c1-13(2)12-18(21)20(15-6-8-16(24-3)9-7-15)25(22,23)17-10-4-14(19)5-11-17/h4-11,13H,12H2,1-3H3. The number of halogens is 1. The molecule has 0 radical (unpaired) electrons. The average Bonchev–Trinajstić information content (AvgIpc) is 2.55. The molecule has 1 amide bonds. The lowest BCUT2D eigenvalue weighted by atomic mass is 10.1. The minimum absolute atomic E-state index is 0.00447. The van der Waals surface area contributed by atoms with Gasteiger partial charge in [-0.2, -0.15) is 0 Å². The Balaban J connectivity index is 2.52. The van der Waals surface area contributed by atoms with Crippen LogP contribution in [0.2, 0.25) is 5.02 Å². The van der Waals surface area contributed by atoms with Gasteiger partial charge in [-0.25, -0.2) is 12.7 Å². The number of rotatable bonds is 6. The van der Waals surface area contributed by atoms with E-state index in [0.29, 0.717) is 10.8 Å². The van der Waals surface area contributed by atoms with E-state index in [-0.39, 0.29) is 22.9 Å². The van der Waals surface area contributed by atoms with Crippen molar-refractivity contribution in [2.24, 2.45) is 5.92 Å². The van der Waals surface area contributed by atoms with Crippen LogP contribution in [-0.2, 0) is 14.8 Å². The number of ether oxygens (including phenoxy) is 1. The van der Waals surface area contributed by atoms with Crippen LogP contribution in [0.5, 0.6) is 5.75 Å². The normalized spacial score (nSPS) is 11.4. The smallest absolute Gasteiger partial charge is 0.270 e. The van der Waals surface area contributed by atoms with Gasteiger partial charge >= 0.3 is 0 Å². The van der Waals surface area contributed by atoms with Gasteiger partial charge in [0.05, 0.1) is 17.7 Å². The second-order valence-electron chi connectivity index (χ2n) is 5.91. The summed E-state index contributed by atoms with van der Waals surface area (Å²) in [7, 11) is -2.54. The van der Waals surface area contributed by atoms with Gasteiger partial charge in [-0.05, 0) is 54.4 Å². The number of nitrogens with zero attached hydrogens (tertiary/aromatic N) is 1. The number of carbonyl (C=O) groups excluding carboxylic acids is 1. The Hall–Kier alpha value is -2.05. The predicted octanol–water partition coefficient (Wildman–Crippen LogP) is 4.12. The fourth-order valence-corrected chi connectivity index (χ4v) is 3.84. The molecular weight excluding hydrogens is 362 g/mol. The molecule has 0 unspecified atom stereocenters. The van der Waals surface area contributed by atoms with Crippen LogP contribution in [0, 0.1) is 5.92 Å². The maximum Gasteiger partial charge on any atom is 0.270 e. The van der Waals surface area contributed by atoms with Gasteiger partial charge in [0.25, 0.3) is 10.0 Å². The third-order valence-corrected chi connectivity index (χ3v) is 5.48. The molecule has 2 aromatic carbocycles. The highest BCUT2D eigenvalue weighted by molar-refractivity contribution is 7.93. The van der Waals surface area contributed by atoms with E-state index in [9.17, 15) is 13.2 Å². The van der Waals surface area contributed by atoms with Gasteiger partial charge in [0.2, 0.25) is 5.91 Å². The van der Waals surface area contributed by atoms with E-state index in [1.165, 1.54) is 31.4 Å². The molecule has 0 saturated carbocycles. The Kier molecular flexibility index (Phi) is 6.08. The summed E-state index contributed by atoms with van der Waals surface area (Å²) in [5.41, 5.74) is 0.265. The van der Waals surface area contributed by atoms with Crippen molar-refractivity contribution in [3.05, 3.63) is 53.6 Å². The number of carbonyl (C=O) groups is 1. The first-order chi connectivity index (χ1) is 11.8. The van der Waals surface area contributed by atoms with Crippen molar-refractivity contribution in [1.82, 2.24) is 0 Å². The van der Waals surface area contributed by atoms with Crippen LogP contribution in [-0.4, -0.2) is 21.4 Å². The van der Waals surface area contributed by atoms with E-state index in [1.54, 1.807) is 24.3 Å². The molecule has 0 aliphatic heterocycles. The van der Waals surface area contributed by atoms with Crippen LogP contribution in [0.15, 0.2) is 53.4 Å². The number of hydrogen-bond acceptors (Lipinski definition) is 4. The molecule has 0 N–H and O–H groups in total. The largest absolute Gasteiger partial charge is 0.497 e. The number of benzene rings is 2. The number of sulfonamides is 1. The molecule has 0 saturated heterocycles. The van der Waals surface area contributed by atoms with Crippen molar-refractivity contribution in [2.45, 2.75) is 25.2 Å². The number of anilines is 1. The van der Waals surface area contributed by atoms with E-state index in [4.69, 9.17) is 16.3 Å². The Morgan fingerprint density at radius 2 is 1.64 bits per heavy atom. The Bertz CT molecular complexity index is 830. The number of amides is 1.